The summed E-state index contributed by atoms with van der Waals surface area (Å²) in [5.41, 5.74) is 3.08. The first-order valence-corrected chi connectivity index (χ1v) is 8.89. The van der Waals surface area contributed by atoms with Crippen LogP contribution in [0.5, 0.6) is 0 Å². The molecule has 1 saturated heterocycles. The first-order valence-electron chi connectivity index (χ1n) is 8.89. The molecule has 2 aromatic rings. The third kappa shape index (κ3) is 5.15. The molecule has 1 heterocycles. The van der Waals surface area contributed by atoms with Crippen LogP contribution >= 0.6 is 0 Å². The number of methoxy groups -OCH3 is 1. The third-order valence-corrected chi connectivity index (χ3v) is 4.67. The fourth-order valence-electron chi connectivity index (χ4n) is 3.31. The van der Waals surface area contributed by atoms with Crippen molar-refractivity contribution in [2.45, 2.75) is 32.0 Å². The van der Waals surface area contributed by atoms with Crippen molar-refractivity contribution in [1.82, 2.24) is 10.2 Å². The minimum atomic E-state index is 0.0134. The minimum Gasteiger partial charge on any atom is -0.380 e. The number of carbonyl (C=O) groups is 1. The first kappa shape index (κ1) is 17.6. The molecule has 0 aromatic heterocycles. The molecule has 25 heavy (non-hydrogen) atoms. The summed E-state index contributed by atoms with van der Waals surface area (Å²) in [6.45, 7) is 3.55. The van der Waals surface area contributed by atoms with Gasteiger partial charge in [-0.1, -0.05) is 42.5 Å². The molecule has 1 aliphatic rings. The van der Waals surface area contributed by atoms with Crippen molar-refractivity contribution in [3.63, 3.8) is 0 Å². The van der Waals surface area contributed by atoms with E-state index in [4.69, 9.17) is 4.74 Å². The number of hydrogen-bond acceptors (Lipinski definition) is 3. The number of piperidine rings is 1. The van der Waals surface area contributed by atoms with E-state index in [9.17, 15) is 4.79 Å². The second kappa shape index (κ2) is 8.79. The molecule has 1 amide bonds. The van der Waals surface area contributed by atoms with Gasteiger partial charge in [0.25, 0.3) is 5.91 Å². The highest BCUT2D eigenvalue weighted by Gasteiger charge is 2.21. The van der Waals surface area contributed by atoms with Gasteiger partial charge in [-0.25, -0.2) is 0 Å². The summed E-state index contributed by atoms with van der Waals surface area (Å²) in [4.78, 5) is 14.9. The number of benzene rings is 2. The van der Waals surface area contributed by atoms with Gasteiger partial charge in [-0.3, -0.25) is 9.69 Å². The average Bonchev–Trinajstić information content (AvgIpc) is 2.65. The van der Waals surface area contributed by atoms with Crippen LogP contribution in [0, 0.1) is 0 Å². The van der Waals surface area contributed by atoms with E-state index in [0.29, 0.717) is 12.2 Å². The summed E-state index contributed by atoms with van der Waals surface area (Å²) in [6, 6.07) is 18.5. The van der Waals surface area contributed by atoms with Gasteiger partial charge < -0.3 is 10.1 Å². The van der Waals surface area contributed by atoms with Crippen molar-refractivity contribution in [3.05, 3.63) is 71.3 Å². The molecule has 0 bridgehead atoms. The zero-order chi connectivity index (χ0) is 17.5. The van der Waals surface area contributed by atoms with Crippen molar-refractivity contribution in [2.24, 2.45) is 0 Å². The zero-order valence-corrected chi connectivity index (χ0v) is 14.8. The Morgan fingerprint density at radius 3 is 2.52 bits per heavy atom. The van der Waals surface area contributed by atoms with Crippen molar-refractivity contribution >= 4 is 5.91 Å². The van der Waals surface area contributed by atoms with Crippen molar-refractivity contribution in [3.8, 4) is 0 Å². The van der Waals surface area contributed by atoms with Gasteiger partial charge in [0, 0.05) is 38.3 Å². The largest absolute Gasteiger partial charge is 0.380 e. The standard InChI is InChI=1S/C21H26N2O2/c1-25-16-18-8-5-9-19(14-18)21(24)22-20-10-12-23(13-11-20)15-17-6-3-2-4-7-17/h2-9,14,20H,10-13,15-16H2,1H3,(H,22,24). The van der Waals surface area contributed by atoms with Crippen LogP contribution in [0.15, 0.2) is 54.6 Å². The van der Waals surface area contributed by atoms with Gasteiger partial charge in [0.15, 0.2) is 0 Å². The maximum Gasteiger partial charge on any atom is 0.251 e. The number of nitrogens with one attached hydrogen (secondary N) is 1. The highest BCUT2D eigenvalue weighted by molar-refractivity contribution is 5.94. The monoisotopic (exact) mass is 338 g/mol. The molecule has 4 heteroatoms. The van der Waals surface area contributed by atoms with E-state index in [0.717, 1.165) is 38.0 Å². The van der Waals surface area contributed by atoms with E-state index in [2.05, 4.69) is 34.5 Å². The van der Waals surface area contributed by atoms with Crippen LogP contribution in [0.1, 0.15) is 34.3 Å². The molecule has 4 nitrogen and oxygen atoms in total. The van der Waals surface area contributed by atoms with Crippen molar-refractivity contribution < 1.29 is 9.53 Å². The lowest BCUT2D eigenvalue weighted by Crippen LogP contribution is -2.44. The lowest BCUT2D eigenvalue weighted by atomic mass is 10.0. The van der Waals surface area contributed by atoms with Crippen LogP contribution in [-0.4, -0.2) is 37.0 Å². The van der Waals surface area contributed by atoms with Crippen LogP contribution in [0.4, 0.5) is 0 Å². The zero-order valence-electron chi connectivity index (χ0n) is 14.8. The lowest BCUT2D eigenvalue weighted by molar-refractivity contribution is 0.0908. The second-order valence-electron chi connectivity index (χ2n) is 6.64. The van der Waals surface area contributed by atoms with Gasteiger partial charge in [-0.05, 0) is 36.1 Å². The maximum atomic E-state index is 12.5. The predicted octanol–water partition coefficient (Wildman–Crippen LogP) is 3.23. The molecule has 0 unspecified atom stereocenters. The molecule has 0 aliphatic carbocycles. The smallest absolute Gasteiger partial charge is 0.251 e. The Morgan fingerprint density at radius 2 is 1.80 bits per heavy atom. The molecular weight excluding hydrogens is 312 g/mol. The predicted molar refractivity (Wildman–Crippen MR) is 99.4 cm³/mol. The fraction of sp³-hybridized carbons (Fsp3) is 0.381. The Labute approximate surface area is 149 Å². The topological polar surface area (TPSA) is 41.6 Å². The SMILES string of the molecule is COCc1cccc(C(=O)NC2CCN(Cc3ccccc3)CC2)c1. The molecule has 132 valence electrons. The van der Waals surface area contributed by atoms with E-state index in [1.807, 2.05) is 30.3 Å². The molecule has 0 atom stereocenters. The lowest BCUT2D eigenvalue weighted by Gasteiger charge is -2.32. The van der Waals surface area contributed by atoms with Gasteiger partial charge in [0.2, 0.25) is 0 Å². The van der Waals surface area contributed by atoms with E-state index >= 15 is 0 Å². The third-order valence-electron chi connectivity index (χ3n) is 4.67. The second-order valence-corrected chi connectivity index (χ2v) is 6.64. The quantitative estimate of drug-likeness (QED) is 0.879. The number of carbonyl (C=O) groups excluding carboxylic acids is 1. The highest BCUT2D eigenvalue weighted by atomic mass is 16.5. The number of rotatable bonds is 6. The Balaban J connectivity index is 1.48. The Hall–Kier alpha value is -2.17. The van der Waals surface area contributed by atoms with Gasteiger partial charge >= 0.3 is 0 Å². The number of amides is 1. The summed E-state index contributed by atoms with van der Waals surface area (Å²) in [7, 11) is 1.66. The van der Waals surface area contributed by atoms with Crippen molar-refractivity contribution in [1.29, 1.82) is 0 Å². The molecule has 1 N–H and O–H groups in total. The normalized spacial score (nSPS) is 15.9. The summed E-state index contributed by atoms with van der Waals surface area (Å²) < 4.78 is 5.14. The minimum absolute atomic E-state index is 0.0134. The van der Waals surface area contributed by atoms with Gasteiger partial charge in [0.05, 0.1) is 6.61 Å². The molecule has 1 fully saturated rings. The molecule has 1 aliphatic heterocycles. The van der Waals surface area contributed by atoms with Crippen LogP contribution in [-0.2, 0) is 17.9 Å². The Bertz CT molecular complexity index is 679. The summed E-state index contributed by atoms with van der Waals surface area (Å²) >= 11 is 0. The Kier molecular flexibility index (Phi) is 6.20. The van der Waals surface area contributed by atoms with E-state index in [1.165, 1.54) is 5.56 Å². The van der Waals surface area contributed by atoms with E-state index < -0.39 is 0 Å². The molecular formula is C21H26N2O2. The summed E-state index contributed by atoms with van der Waals surface area (Å²) in [6.07, 6.45) is 1.99. The van der Waals surface area contributed by atoms with Crippen LogP contribution in [0.25, 0.3) is 0 Å². The van der Waals surface area contributed by atoms with Gasteiger partial charge in [-0.2, -0.15) is 0 Å². The van der Waals surface area contributed by atoms with E-state index in [-0.39, 0.29) is 11.9 Å². The van der Waals surface area contributed by atoms with Crippen molar-refractivity contribution in [2.75, 3.05) is 20.2 Å². The molecule has 2 aromatic carbocycles. The summed E-state index contributed by atoms with van der Waals surface area (Å²) in [5.74, 6) is 0.0134. The van der Waals surface area contributed by atoms with Crippen LogP contribution < -0.4 is 5.32 Å². The van der Waals surface area contributed by atoms with Crippen LogP contribution in [0.2, 0.25) is 0 Å². The number of likely N-dealkylation sites (tertiary alicyclic amines) is 1. The fourth-order valence-corrected chi connectivity index (χ4v) is 3.31. The molecule has 0 spiro atoms. The summed E-state index contributed by atoms with van der Waals surface area (Å²) in [5, 5.41) is 3.18. The van der Waals surface area contributed by atoms with Crippen LogP contribution in [0.3, 0.4) is 0 Å². The number of ether oxygens (including phenoxy) is 1. The van der Waals surface area contributed by atoms with Gasteiger partial charge in [0.1, 0.15) is 0 Å². The Morgan fingerprint density at radius 1 is 1.08 bits per heavy atom. The average molecular weight is 338 g/mol. The molecule has 0 saturated carbocycles. The number of nitrogens with zero attached hydrogens (tertiary/aromatic N) is 1. The van der Waals surface area contributed by atoms with E-state index in [1.54, 1.807) is 7.11 Å². The van der Waals surface area contributed by atoms with Gasteiger partial charge in [-0.15, -0.1) is 0 Å². The maximum absolute atomic E-state index is 12.5. The first-order chi connectivity index (χ1) is 12.2. The molecule has 0 radical (unpaired) electrons. The molecule has 3 rings (SSSR count). The number of hydrogen-bond donors (Lipinski definition) is 1. The highest BCUT2D eigenvalue weighted by Crippen LogP contribution is 2.15.